The number of nitrogens with zero attached hydrogens (tertiary/aromatic N) is 3. The zero-order chi connectivity index (χ0) is 20.2. The van der Waals surface area contributed by atoms with Gasteiger partial charge in [-0.25, -0.2) is 9.18 Å². The van der Waals surface area contributed by atoms with Crippen molar-refractivity contribution in [2.45, 2.75) is 33.7 Å². The minimum atomic E-state index is -1.30. The first kappa shape index (κ1) is 18.4. The number of rotatable bonds is 3. The zero-order valence-electron chi connectivity index (χ0n) is 16.1. The van der Waals surface area contributed by atoms with Gasteiger partial charge in [0.05, 0.1) is 28.3 Å². The topological polar surface area (TPSA) is 75.4 Å². The summed E-state index contributed by atoms with van der Waals surface area (Å²) in [6, 6.07) is 2.98. The summed E-state index contributed by atoms with van der Waals surface area (Å²) in [5.41, 5.74) is 0.621. The molecule has 6 nitrogen and oxygen atoms in total. The van der Waals surface area contributed by atoms with Crippen LogP contribution in [0.25, 0.3) is 21.8 Å². The Morgan fingerprint density at radius 2 is 2.11 bits per heavy atom. The predicted octanol–water partition coefficient (Wildman–Crippen LogP) is 3.64. The molecule has 0 bridgehead atoms. The van der Waals surface area contributed by atoms with Gasteiger partial charge >= 0.3 is 5.97 Å². The minimum Gasteiger partial charge on any atom is -0.477 e. The largest absolute Gasteiger partial charge is 0.477 e. The number of anilines is 1. The van der Waals surface area contributed by atoms with Crippen LogP contribution < -0.4 is 10.3 Å². The van der Waals surface area contributed by atoms with Gasteiger partial charge in [-0.15, -0.1) is 0 Å². The van der Waals surface area contributed by atoms with Crippen molar-refractivity contribution >= 4 is 33.5 Å². The van der Waals surface area contributed by atoms with E-state index in [2.05, 4.69) is 18.8 Å². The number of hydrogen-bond acceptors (Lipinski definition) is 4. The van der Waals surface area contributed by atoms with Gasteiger partial charge in [-0.3, -0.25) is 9.78 Å². The van der Waals surface area contributed by atoms with Crippen molar-refractivity contribution < 1.29 is 14.3 Å². The maximum atomic E-state index is 15.0. The highest BCUT2D eigenvalue weighted by Gasteiger charge is 2.31. The van der Waals surface area contributed by atoms with Crippen LogP contribution >= 0.6 is 0 Å². The van der Waals surface area contributed by atoms with Crippen molar-refractivity contribution in [3.05, 3.63) is 46.1 Å². The fraction of sp³-hybridized carbons (Fsp3) is 0.381. The van der Waals surface area contributed by atoms with E-state index in [4.69, 9.17) is 0 Å². The molecular weight excluding hydrogens is 361 g/mol. The van der Waals surface area contributed by atoms with Crippen molar-refractivity contribution in [3.63, 3.8) is 0 Å². The molecule has 4 rings (SSSR count). The molecule has 1 saturated heterocycles. The maximum Gasteiger partial charge on any atom is 0.341 e. The number of benzene rings is 1. The molecule has 0 atom stereocenters. The molecule has 1 aliphatic heterocycles. The van der Waals surface area contributed by atoms with Crippen LogP contribution in [0.4, 0.5) is 10.1 Å². The van der Waals surface area contributed by atoms with Crippen LogP contribution in [0.3, 0.4) is 0 Å². The van der Waals surface area contributed by atoms with E-state index in [1.165, 1.54) is 12.3 Å². The van der Waals surface area contributed by atoms with Crippen LogP contribution in [0.15, 0.2) is 29.3 Å². The van der Waals surface area contributed by atoms with E-state index in [1.807, 2.05) is 11.8 Å². The Morgan fingerprint density at radius 1 is 1.36 bits per heavy atom. The third kappa shape index (κ3) is 2.82. The number of carboxylic acids is 1. The number of carbonyl (C=O) groups is 1. The van der Waals surface area contributed by atoms with Crippen LogP contribution in [0.1, 0.15) is 37.6 Å². The van der Waals surface area contributed by atoms with Gasteiger partial charge < -0.3 is 14.6 Å². The monoisotopic (exact) mass is 383 g/mol. The average molecular weight is 383 g/mol. The molecule has 0 aliphatic carbocycles. The second kappa shape index (κ2) is 6.29. The summed E-state index contributed by atoms with van der Waals surface area (Å²) >= 11 is 0. The van der Waals surface area contributed by atoms with E-state index in [-0.39, 0.29) is 16.4 Å². The summed E-state index contributed by atoms with van der Waals surface area (Å²) < 4.78 is 16.7. The summed E-state index contributed by atoms with van der Waals surface area (Å²) in [6.45, 7) is 8.12. The predicted molar refractivity (Wildman–Crippen MR) is 107 cm³/mol. The Bertz CT molecular complexity index is 1180. The van der Waals surface area contributed by atoms with E-state index in [0.29, 0.717) is 28.7 Å². The molecule has 3 aromatic rings. The fourth-order valence-electron chi connectivity index (χ4n) is 4.04. The molecule has 2 aromatic heterocycles. The molecule has 7 heteroatoms. The lowest BCUT2D eigenvalue weighted by Gasteiger charge is -2.22. The number of halogens is 1. The number of aryl methyl sites for hydroxylation is 1. The third-order valence-electron chi connectivity index (χ3n) is 5.57. The number of aromatic nitrogens is 2. The molecule has 3 heterocycles. The highest BCUT2D eigenvalue weighted by atomic mass is 19.1. The van der Waals surface area contributed by atoms with Crippen molar-refractivity contribution in [2.24, 2.45) is 5.41 Å². The highest BCUT2D eigenvalue weighted by Crippen LogP contribution is 2.36. The van der Waals surface area contributed by atoms with Crippen LogP contribution in [0.2, 0.25) is 0 Å². The molecule has 1 aliphatic rings. The Hall–Kier alpha value is -2.96. The molecular formula is C21H22FN3O3. The summed E-state index contributed by atoms with van der Waals surface area (Å²) in [5, 5.41) is 9.93. The molecule has 1 N–H and O–H groups in total. The number of hydrogen-bond donors (Lipinski definition) is 1. The first-order valence-electron chi connectivity index (χ1n) is 9.35. The third-order valence-corrected chi connectivity index (χ3v) is 5.57. The first-order valence-corrected chi connectivity index (χ1v) is 9.35. The molecule has 1 aromatic carbocycles. The van der Waals surface area contributed by atoms with Crippen LogP contribution in [-0.4, -0.2) is 33.7 Å². The second-order valence-corrected chi connectivity index (χ2v) is 8.14. The van der Waals surface area contributed by atoms with Crippen LogP contribution in [0, 0.1) is 11.2 Å². The standard InChI is InChI=1S/C21H22FN3O3/c1-4-24-10-13(20(27)28)19(26)18-12-7-14(22)16(8-15(12)23-9-17(18)24)25-6-5-21(2,3)11-25/h7-10H,4-6,11H2,1-3H3,(H,27,28). The quantitative estimate of drug-likeness (QED) is 0.699. The number of pyridine rings is 2. The fourth-order valence-corrected chi connectivity index (χ4v) is 4.04. The van der Waals surface area contributed by atoms with Gasteiger partial charge in [-0.05, 0) is 30.9 Å². The van der Waals surface area contributed by atoms with E-state index in [0.717, 1.165) is 19.5 Å². The second-order valence-electron chi connectivity index (χ2n) is 8.14. The smallest absolute Gasteiger partial charge is 0.341 e. The Morgan fingerprint density at radius 3 is 2.71 bits per heavy atom. The van der Waals surface area contributed by atoms with E-state index in [9.17, 15) is 14.7 Å². The minimum absolute atomic E-state index is 0.115. The van der Waals surface area contributed by atoms with E-state index in [1.54, 1.807) is 16.8 Å². The molecule has 0 spiro atoms. The molecule has 0 unspecified atom stereocenters. The van der Waals surface area contributed by atoms with Gasteiger partial charge in [-0.2, -0.15) is 0 Å². The molecule has 1 fully saturated rings. The average Bonchev–Trinajstić information content (AvgIpc) is 3.00. The normalized spacial score (nSPS) is 16.2. The first-order chi connectivity index (χ1) is 13.2. The van der Waals surface area contributed by atoms with Gasteiger partial charge in [0, 0.05) is 31.2 Å². The van der Waals surface area contributed by atoms with Crippen LogP contribution in [-0.2, 0) is 6.54 Å². The summed E-state index contributed by atoms with van der Waals surface area (Å²) in [6.07, 6.45) is 3.85. The van der Waals surface area contributed by atoms with Gasteiger partial charge in [0.15, 0.2) is 0 Å². The van der Waals surface area contributed by atoms with Gasteiger partial charge in [0.1, 0.15) is 11.4 Å². The lowest BCUT2D eigenvalue weighted by atomic mass is 9.93. The Kier molecular flexibility index (Phi) is 4.14. The van der Waals surface area contributed by atoms with Crippen molar-refractivity contribution in [3.8, 4) is 0 Å². The van der Waals surface area contributed by atoms with Crippen LogP contribution in [0.5, 0.6) is 0 Å². The van der Waals surface area contributed by atoms with Crippen molar-refractivity contribution in [1.82, 2.24) is 9.55 Å². The zero-order valence-corrected chi connectivity index (χ0v) is 16.1. The molecule has 28 heavy (non-hydrogen) atoms. The lowest BCUT2D eigenvalue weighted by Crippen LogP contribution is -2.23. The highest BCUT2D eigenvalue weighted by molar-refractivity contribution is 6.07. The maximum absolute atomic E-state index is 15.0. The number of fused-ring (bicyclic) bond motifs is 3. The molecule has 0 saturated carbocycles. The van der Waals surface area contributed by atoms with Gasteiger partial charge in [-0.1, -0.05) is 13.8 Å². The number of aromatic carboxylic acids is 1. The lowest BCUT2D eigenvalue weighted by molar-refractivity contribution is 0.0695. The number of carboxylic acid groups (broad SMARTS) is 1. The van der Waals surface area contributed by atoms with Gasteiger partial charge in [0.2, 0.25) is 5.43 Å². The van der Waals surface area contributed by atoms with Gasteiger partial charge in [0.25, 0.3) is 0 Å². The summed E-state index contributed by atoms with van der Waals surface area (Å²) in [5.74, 6) is -1.72. The Balaban J connectivity index is 2.01. The van der Waals surface area contributed by atoms with E-state index < -0.39 is 17.2 Å². The molecule has 146 valence electrons. The SMILES string of the molecule is CCn1cc(C(=O)O)c(=O)c2c3cc(F)c(N4CCC(C)(C)C4)cc3ncc21. The van der Waals surface area contributed by atoms with Crippen molar-refractivity contribution in [2.75, 3.05) is 18.0 Å². The van der Waals surface area contributed by atoms with Crippen molar-refractivity contribution in [1.29, 1.82) is 0 Å². The molecule has 0 radical (unpaired) electrons. The molecule has 0 amide bonds. The summed E-state index contributed by atoms with van der Waals surface area (Å²) in [7, 11) is 0. The summed E-state index contributed by atoms with van der Waals surface area (Å²) in [4.78, 5) is 30.8. The van der Waals surface area contributed by atoms with E-state index >= 15 is 4.39 Å². The Labute approximate surface area is 161 Å².